The number of hydrogen-bond acceptors (Lipinski definition) is 4. The van der Waals surface area contributed by atoms with E-state index in [1.807, 2.05) is 18.0 Å². The van der Waals surface area contributed by atoms with Crippen LogP contribution in [0.3, 0.4) is 0 Å². The number of sulfone groups is 1. The van der Waals surface area contributed by atoms with E-state index in [1.54, 1.807) is 12.1 Å². The minimum absolute atomic E-state index is 0.0885. The Balaban J connectivity index is 2.87. The molecule has 0 fully saturated rings. The van der Waals surface area contributed by atoms with Crippen LogP contribution in [0.5, 0.6) is 0 Å². The third-order valence-corrected chi connectivity index (χ3v) is 4.38. The van der Waals surface area contributed by atoms with Crippen molar-refractivity contribution < 1.29 is 8.42 Å². The maximum absolute atomic E-state index is 11.2. The first kappa shape index (κ1) is 16.7. The van der Waals surface area contributed by atoms with Gasteiger partial charge in [-0.2, -0.15) is 0 Å². The molecule has 0 amide bonds. The van der Waals surface area contributed by atoms with Crippen molar-refractivity contribution in [2.75, 3.05) is 32.1 Å². The third-order valence-electron chi connectivity index (χ3n) is 2.89. The number of rotatable bonds is 6. The van der Waals surface area contributed by atoms with Crippen LogP contribution in [0.25, 0.3) is 0 Å². The molecule has 19 heavy (non-hydrogen) atoms. The van der Waals surface area contributed by atoms with Gasteiger partial charge in [-0.3, -0.25) is 4.90 Å². The Bertz CT molecular complexity index is 535. The average molecular weight is 325 g/mol. The van der Waals surface area contributed by atoms with Crippen LogP contribution in [0.15, 0.2) is 18.2 Å². The van der Waals surface area contributed by atoms with Gasteiger partial charge in [0, 0.05) is 35.4 Å². The summed E-state index contributed by atoms with van der Waals surface area (Å²) in [7, 11) is -1.17. The van der Waals surface area contributed by atoms with Crippen LogP contribution < -0.4 is 5.73 Å². The summed E-state index contributed by atoms with van der Waals surface area (Å²) in [6.45, 7) is 0.751. The molecule has 0 aliphatic carbocycles. The van der Waals surface area contributed by atoms with Gasteiger partial charge in [-0.05, 0) is 24.7 Å². The van der Waals surface area contributed by atoms with E-state index in [0.717, 1.165) is 5.56 Å². The van der Waals surface area contributed by atoms with Crippen molar-refractivity contribution in [3.05, 3.63) is 33.8 Å². The van der Waals surface area contributed by atoms with Gasteiger partial charge in [0.1, 0.15) is 9.84 Å². The number of nitrogens with two attached hydrogens (primary N) is 1. The van der Waals surface area contributed by atoms with Gasteiger partial charge in [-0.15, -0.1) is 0 Å². The van der Waals surface area contributed by atoms with E-state index in [-0.39, 0.29) is 11.8 Å². The molecule has 2 N–H and O–H groups in total. The molecule has 1 unspecified atom stereocenters. The second-order valence-electron chi connectivity index (χ2n) is 4.53. The zero-order valence-corrected chi connectivity index (χ0v) is 13.3. The standard InChI is InChI=1S/C12H18Cl2N2O2S/c1-16(5-6-19(2,17)18)12(8-15)10-4-3-9(13)7-11(10)14/h3-4,7,12H,5-6,8,15H2,1-2H3. The minimum Gasteiger partial charge on any atom is -0.329 e. The van der Waals surface area contributed by atoms with Crippen molar-refractivity contribution in [1.29, 1.82) is 0 Å². The van der Waals surface area contributed by atoms with Gasteiger partial charge in [-0.1, -0.05) is 29.3 Å². The minimum atomic E-state index is -3.00. The van der Waals surface area contributed by atoms with E-state index < -0.39 is 9.84 Å². The van der Waals surface area contributed by atoms with E-state index in [2.05, 4.69) is 0 Å². The lowest BCUT2D eigenvalue weighted by molar-refractivity contribution is 0.264. The maximum atomic E-state index is 11.2. The van der Waals surface area contributed by atoms with Crippen LogP contribution in [-0.4, -0.2) is 45.5 Å². The van der Waals surface area contributed by atoms with Crippen molar-refractivity contribution in [1.82, 2.24) is 4.90 Å². The van der Waals surface area contributed by atoms with E-state index >= 15 is 0 Å². The first-order valence-corrected chi connectivity index (χ1v) is 8.59. The second kappa shape index (κ2) is 6.90. The zero-order valence-electron chi connectivity index (χ0n) is 10.9. The quantitative estimate of drug-likeness (QED) is 0.868. The molecule has 1 aromatic carbocycles. The van der Waals surface area contributed by atoms with Crippen LogP contribution in [0.2, 0.25) is 10.0 Å². The Morgan fingerprint density at radius 1 is 1.37 bits per heavy atom. The van der Waals surface area contributed by atoms with Gasteiger partial charge in [-0.25, -0.2) is 8.42 Å². The molecule has 0 saturated heterocycles. The Labute approximate surface area is 124 Å². The van der Waals surface area contributed by atoms with E-state index in [4.69, 9.17) is 28.9 Å². The van der Waals surface area contributed by atoms with Crippen LogP contribution >= 0.6 is 23.2 Å². The molecule has 0 bridgehead atoms. The summed E-state index contributed by atoms with van der Waals surface area (Å²) in [5.41, 5.74) is 6.62. The zero-order chi connectivity index (χ0) is 14.6. The first-order valence-electron chi connectivity index (χ1n) is 5.77. The molecule has 1 aromatic rings. The number of hydrogen-bond donors (Lipinski definition) is 1. The van der Waals surface area contributed by atoms with Gasteiger partial charge in [0.05, 0.1) is 5.75 Å². The molecule has 0 aliphatic heterocycles. The molecule has 7 heteroatoms. The van der Waals surface area contributed by atoms with Crippen molar-refractivity contribution in [3.63, 3.8) is 0 Å². The highest BCUT2D eigenvalue weighted by Gasteiger charge is 2.19. The Morgan fingerprint density at radius 3 is 2.47 bits per heavy atom. The van der Waals surface area contributed by atoms with E-state index in [1.165, 1.54) is 6.26 Å². The van der Waals surface area contributed by atoms with Gasteiger partial charge >= 0.3 is 0 Å². The third kappa shape index (κ3) is 5.28. The lowest BCUT2D eigenvalue weighted by Gasteiger charge is -2.27. The summed E-state index contributed by atoms with van der Waals surface area (Å²) >= 11 is 12.0. The lowest BCUT2D eigenvalue weighted by Crippen LogP contribution is -2.34. The van der Waals surface area contributed by atoms with Crippen LogP contribution in [-0.2, 0) is 9.84 Å². The highest BCUT2D eigenvalue weighted by atomic mass is 35.5. The van der Waals surface area contributed by atoms with Crippen molar-refractivity contribution in [2.45, 2.75) is 6.04 Å². The topological polar surface area (TPSA) is 63.4 Å². The Morgan fingerprint density at radius 2 is 2.00 bits per heavy atom. The Hall–Kier alpha value is -0.330. The van der Waals surface area contributed by atoms with E-state index in [0.29, 0.717) is 23.1 Å². The predicted molar refractivity (Wildman–Crippen MR) is 80.6 cm³/mol. The Kier molecular flexibility index (Phi) is 6.08. The molecule has 0 aromatic heterocycles. The van der Waals surface area contributed by atoms with Gasteiger partial charge in [0.25, 0.3) is 0 Å². The fourth-order valence-electron chi connectivity index (χ4n) is 1.78. The number of benzene rings is 1. The normalized spacial score (nSPS) is 13.8. The SMILES string of the molecule is CN(CCS(C)(=O)=O)C(CN)c1ccc(Cl)cc1Cl. The molecular weight excluding hydrogens is 307 g/mol. The summed E-state index contributed by atoms with van der Waals surface area (Å²) in [6.07, 6.45) is 1.22. The van der Waals surface area contributed by atoms with Gasteiger partial charge in [0.15, 0.2) is 0 Å². The van der Waals surface area contributed by atoms with Gasteiger partial charge < -0.3 is 5.73 Å². The number of likely N-dealkylation sites (N-methyl/N-ethyl adjacent to an activating group) is 1. The van der Waals surface area contributed by atoms with Gasteiger partial charge in [0.2, 0.25) is 0 Å². The summed E-state index contributed by atoms with van der Waals surface area (Å²) < 4.78 is 22.4. The smallest absolute Gasteiger partial charge is 0.148 e. The monoisotopic (exact) mass is 324 g/mol. The molecule has 0 spiro atoms. The molecular formula is C12H18Cl2N2O2S. The summed E-state index contributed by atoms with van der Waals surface area (Å²) in [5, 5.41) is 1.09. The summed E-state index contributed by atoms with van der Waals surface area (Å²) in [6, 6.07) is 5.09. The maximum Gasteiger partial charge on any atom is 0.148 e. The summed E-state index contributed by atoms with van der Waals surface area (Å²) in [5.74, 6) is 0.0885. The number of nitrogens with zero attached hydrogens (tertiary/aromatic N) is 1. The highest BCUT2D eigenvalue weighted by Crippen LogP contribution is 2.28. The average Bonchev–Trinajstić information content (AvgIpc) is 2.29. The summed E-state index contributed by atoms with van der Waals surface area (Å²) in [4.78, 5) is 1.89. The largest absolute Gasteiger partial charge is 0.329 e. The van der Waals surface area contributed by atoms with Crippen molar-refractivity contribution in [3.8, 4) is 0 Å². The predicted octanol–water partition coefficient (Wildman–Crippen LogP) is 1.97. The van der Waals surface area contributed by atoms with Crippen LogP contribution in [0, 0.1) is 0 Å². The molecule has 4 nitrogen and oxygen atoms in total. The number of halogens is 2. The first-order chi connectivity index (χ1) is 8.74. The highest BCUT2D eigenvalue weighted by molar-refractivity contribution is 7.90. The van der Waals surface area contributed by atoms with Crippen molar-refractivity contribution >= 4 is 33.0 Å². The molecule has 1 atom stereocenters. The fourth-order valence-corrected chi connectivity index (χ4v) is 2.94. The second-order valence-corrected chi connectivity index (χ2v) is 7.63. The van der Waals surface area contributed by atoms with E-state index in [9.17, 15) is 8.42 Å². The molecule has 0 aliphatic rings. The molecule has 0 saturated carbocycles. The van der Waals surface area contributed by atoms with Crippen LogP contribution in [0.1, 0.15) is 11.6 Å². The molecule has 108 valence electrons. The molecule has 0 heterocycles. The molecule has 1 rings (SSSR count). The molecule has 0 radical (unpaired) electrons. The van der Waals surface area contributed by atoms with Crippen LogP contribution in [0.4, 0.5) is 0 Å². The fraction of sp³-hybridized carbons (Fsp3) is 0.500. The van der Waals surface area contributed by atoms with Crippen molar-refractivity contribution in [2.24, 2.45) is 5.73 Å². The lowest BCUT2D eigenvalue weighted by atomic mass is 10.1.